The number of carbonyl (C=O) groups is 3. The molecule has 0 aliphatic carbocycles. The van der Waals surface area contributed by atoms with Gasteiger partial charge in [-0.1, -0.05) is 0 Å². The van der Waals surface area contributed by atoms with Crippen LogP contribution in [-0.2, 0) is 19.1 Å². The van der Waals surface area contributed by atoms with Gasteiger partial charge in [-0.25, -0.2) is 0 Å². The van der Waals surface area contributed by atoms with Gasteiger partial charge in [-0.05, 0) is 26.8 Å². The quantitative estimate of drug-likeness (QED) is 0.325. The summed E-state index contributed by atoms with van der Waals surface area (Å²) in [6, 6.07) is -1.91. The normalized spacial score (nSPS) is 21.8. The molecule has 1 rings (SSSR count). The molecule has 0 bridgehead atoms. The van der Waals surface area contributed by atoms with E-state index in [1.54, 1.807) is 0 Å². The molecule has 0 spiro atoms. The SMILES string of the molecule is CC(=O)[C@H](CCN)NC(=O)[C@@H](NC(=O)[C@@H]1CNCCO1)C(C)O. The van der Waals surface area contributed by atoms with E-state index in [0.29, 0.717) is 19.7 Å². The first-order valence-electron chi connectivity index (χ1n) is 7.68. The third kappa shape index (κ3) is 6.22. The summed E-state index contributed by atoms with van der Waals surface area (Å²) >= 11 is 0. The molecule has 2 amide bonds. The number of morpholine rings is 1. The lowest BCUT2D eigenvalue weighted by Gasteiger charge is -2.27. The minimum atomic E-state index is -1.17. The van der Waals surface area contributed by atoms with Crippen LogP contribution in [0, 0.1) is 0 Å². The van der Waals surface area contributed by atoms with Gasteiger partial charge in [0.15, 0.2) is 5.78 Å². The second-order valence-corrected chi connectivity index (χ2v) is 5.54. The zero-order valence-electron chi connectivity index (χ0n) is 13.5. The lowest BCUT2D eigenvalue weighted by atomic mass is 10.1. The Morgan fingerprint density at radius 2 is 2.09 bits per heavy atom. The summed E-state index contributed by atoms with van der Waals surface area (Å²) in [6.45, 7) is 4.35. The lowest BCUT2D eigenvalue weighted by Crippen LogP contribution is -2.59. The Bertz CT molecular complexity index is 423. The molecule has 1 saturated heterocycles. The van der Waals surface area contributed by atoms with Crippen molar-refractivity contribution in [3.05, 3.63) is 0 Å². The predicted molar refractivity (Wildman–Crippen MR) is 82.5 cm³/mol. The van der Waals surface area contributed by atoms with Crippen molar-refractivity contribution in [2.45, 2.75) is 44.6 Å². The van der Waals surface area contributed by atoms with Gasteiger partial charge < -0.3 is 31.5 Å². The number of nitrogens with one attached hydrogen (secondary N) is 3. The number of hydrogen-bond acceptors (Lipinski definition) is 7. The van der Waals surface area contributed by atoms with Crippen molar-refractivity contribution in [1.82, 2.24) is 16.0 Å². The largest absolute Gasteiger partial charge is 0.391 e. The lowest BCUT2D eigenvalue weighted by molar-refractivity contribution is -0.140. The Morgan fingerprint density at radius 3 is 2.57 bits per heavy atom. The first-order valence-corrected chi connectivity index (χ1v) is 7.68. The molecule has 0 radical (unpaired) electrons. The van der Waals surface area contributed by atoms with E-state index in [2.05, 4.69) is 16.0 Å². The number of hydrogen-bond donors (Lipinski definition) is 5. The van der Waals surface area contributed by atoms with E-state index in [1.165, 1.54) is 13.8 Å². The molecule has 9 nitrogen and oxygen atoms in total. The third-order valence-corrected chi connectivity index (χ3v) is 3.55. The standard InChI is InChI=1S/C14H26N4O5/c1-8(19)10(3-4-15)17-14(22)12(9(2)20)18-13(21)11-7-16-5-6-23-11/h9-12,16,20H,3-7,15H2,1-2H3,(H,17,22)(H,18,21)/t9?,10-,11-,12-/m0/s1. The summed E-state index contributed by atoms with van der Waals surface area (Å²) in [5, 5.41) is 17.7. The molecule has 9 heteroatoms. The maximum Gasteiger partial charge on any atom is 0.251 e. The number of amides is 2. The Kier molecular flexibility index (Phi) is 8.10. The maximum absolute atomic E-state index is 12.3. The van der Waals surface area contributed by atoms with Crippen LogP contribution in [0.25, 0.3) is 0 Å². The molecule has 0 aromatic rings. The minimum absolute atomic E-state index is 0.234. The number of ether oxygens (including phenoxy) is 1. The average molecular weight is 330 g/mol. The van der Waals surface area contributed by atoms with Gasteiger partial charge in [-0.15, -0.1) is 0 Å². The van der Waals surface area contributed by atoms with E-state index in [1.807, 2.05) is 0 Å². The van der Waals surface area contributed by atoms with Gasteiger partial charge in [0.1, 0.15) is 12.1 Å². The first-order chi connectivity index (χ1) is 10.9. The van der Waals surface area contributed by atoms with Crippen LogP contribution >= 0.6 is 0 Å². The molecule has 132 valence electrons. The summed E-state index contributed by atoms with van der Waals surface area (Å²) in [5.74, 6) is -1.36. The highest BCUT2D eigenvalue weighted by Gasteiger charge is 2.31. The Morgan fingerprint density at radius 1 is 1.39 bits per heavy atom. The van der Waals surface area contributed by atoms with E-state index < -0.39 is 36.1 Å². The van der Waals surface area contributed by atoms with E-state index in [0.717, 1.165) is 0 Å². The fourth-order valence-corrected chi connectivity index (χ4v) is 2.19. The fraction of sp³-hybridized carbons (Fsp3) is 0.786. The highest BCUT2D eigenvalue weighted by Crippen LogP contribution is 2.01. The smallest absolute Gasteiger partial charge is 0.251 e. The molecule has 0 aromatic heterocycles. The van der Waals surface area contributed by atoms with Crippen molar-refractivity contribution in [3.8, 4) is 0 Å². The number of rotatable bonds is 8. The van der Waals surface area contributed by atoms with Crippen molar-refractivity contribution in [3.63, 3.8) is 0 Å². The van der Waals surface area contributed by atoms with E-state index in [9.17, 15) is 19.5 Å². The molecule has 0 saturated carbocycles. The number of Topliss-reactive ketones (excluding diaryl/α,β-unsaturated/α-hetero) is 1. The second kappa shape index (κ2) is 9.56. The number of carbonyl (C=O) groups excluding carboxylic acids is 3. The van der Waals surface area contributed by atoms with E-state index in [-0.39, 0.29) is 18.7 Å². The van der Waals surface area contributed by atoms with Gasteiger partial charge >= 0.3 is 0 Å². The van der Waals surface area contributed by atoms with Crippen LogP contribution in [0.5, 0.6) is 0 Å². The summed E-state index contributed by atoms with van der Waals surface area (Å²) < 4.78 is 5.30. The van der Waals surface area contributed by atoms with Gasteiger partial charge in [0.25, 0.3) is 5.91 Å². The zero-order chi connectivity index (χ0) is 17.4. The predicted octanol–water partition coefficient (Wildman–Crippen LogP) is -2.74. The maximum atomic E-state index is 12.3. The summed E-state index contributed by atoms with van der Waals surface area (Å²) in [4.78, 5) is 35.8. The molecule has 23 heavy (non-hydrogen) atoms. The van der Waals surface area contributed by atoms with E-state index >= 15 is 0 Å². The highest BCUT2D eigenvalue weighted by atomic mass is 16.5. The minimum Gasteiger partial charge on any atom is -0.391 e. The van der Waals surface area contributed by atoms with Crippen LogP contribution in [-0.4, -0.2) is 73.2 Å². The molecular formula is C14H26N4O5. The number of ketones is 1. The summed E-state index contributed by atoms with van der Waals surface area (Å²) in [6.07, 6.45) is -1.55. The van der Waals surface area contributed by atoms with Gasteiger partial charge in [0, 0.05) is 13.1 Å². The van der Waals surface area contributed by atoms with Gasteiger partial charge in [-0.2, -0.15) is 0 Å². The summed E-state index contributed by atoms with van der Waals surface area (Å²) in [7, 11) is 0. The van der Waals surface area contributed by atoms with Crippen molar-refractivity contribution < 1.29 is 24.2 Å². The van der Waals surface area contributed by atoms with Crippen LogP contribution in [0.3, 0.4) is 0 Å². The highest BCUT2D eigenvalue weighted by molar-refractivity contribution is 5.93. The molecule has 1 unspecified atom stereocenters. The van der Waals surface area contributed by atoms with Crippen LogP contribution in [0.15, 0.2) is 0 Å². The number of nitrogens with two attached hydrogens (primary N) is 1. The van der Waals surface area contributed by atoms with Crippen LogP contribution in [0.2, 0.25) is 0 Å². The second-order valence-electron chi connectivity index (χ2n) is 5.54. The number of aliphatic hydroxyl groups is 1. The average Bonchev–Trinajstić information content (AvgIpc) is 2.52. The van der Waals surface area contributed by atoms with Crippen molar-refractivity contribution >= 4 is 17.6 Å². The monoisotopic (exact) mass is 330 g/mol. The molecule has 4 atom stereocenters. The Balaban J connectivity index is 2.66. The zero-order valence-corrected chi connectivity index (χ0v) is 13.5. The first kappa shape index (κ1) is 19.5. The van der Waals surface area contributed by atoms with Crippen LogP contribution in [0.1, 0.15) is 20.3 Å². The van der Waals surface area contributed by atoms with Gasteiger partial charge in [-0.3, -0.25) is 14.4 Å². The van der Waals surface area contributed by atoms with Crippen molar-refractivity contribution in [2.24, 2.45) is 5.73 Å². The molecule has 1 aliphatic heterocycles. The Labute approximate surface area is 135 Å². The molecule has 6 N–H and O–H groups in total. The van der Waals surface area contributed by atoms with Crippen LogP contribution in [0.4, 0.5) is 0 Å². The molecule has 0 aromatic carbocycles. The number of aliphatic hydroxyl groups excluding tert-OH is 1. The summed E-state index contributed by atoms with van der Waals surface area (Å²) in [5.41, 5.74) is 5.41. The molecule has 1 aliphatic rings. The fourth-order valence-electron chi connectivity index (χ4n) is 2.19. The van der Waals surface area contributed by atoms with Crippen LogP contribution < -0.4 is 21.7 Å². The van der Waals surface area contributed by atoms with Gasteiger partial charge in [0.05, 0.1) is 18.8 Å². The molecular weight excluding hydrogens is 304 g/mol. The molecule has 1 heterocycles. The topological polar surface area (TPSA) is 143 Å². The van der Waals surface area contributed by atoms with Crippen molar-refractivity contribution in [2.75, 3.05) is 26.2 Å². The Hall–Kier alpha value is -1.55. The van der Waals surface area contributed by atoms with E-state index in [4.69, 9.17) is 10.5 Å². The molecule has 1 fully saturated rings. The van der Waals surface area contributed by atoms with Crippen molar-refractivity contribution in [1.29, 1.82) is 0 Å². The van der Waals surface area contributed by atoms with Gasteiger partial charge in [0.2, 0.25) is 5.91 Å². The third-order valence-electron chi connectivity index (χ3n) is 3.55.